The lowest BCUT2D eigenvalue weighted by molar-refractivity contribution is 0.660. The van der Waals surface area contributed by atoms with Crippen molar-refractivity contribution in [3.05, 3.63) is 163 Å². The molecule has 3 heteroatoms. The van der Waals surface area contributed by atoms with Crippen molar-refractivity contribution in [2.24, 2.45) is 0 Å². The lowest BCUT2D eigenvalue weighted by Gasteiger charge is -2.23. The first kappa shape index (κ1) is 26.9. The minimum Gasteiger partial charge on any atom is -0.208 e. The fourth-order valence-corrected chi connectivity index (χ4v) is 6.70. The van der Waals surface area contributed by atoms with Crippen LogP contribution in [0.5, 0.6) is 0 Å². The van der Waals surface area contributed by atoms with Crippen LogP contribution in [0.1, 0.15) is 25.0 Å². The normalized spacial score (nSPS) is 12.8. The molecule has 0 radical (unpaired) electrons. The van der Waals surface area contributed by atoms with Gasteiger partial charge in [-0.3, -0.25) is 0 Å². The van der Waals surface area contributed by atoms with Crippen LogP contribution >= 0.6 is 0 Å². The van der Waals surface area contributed by atoms with Crippen molar-refractivity contribution in [2.75, 3.05) is 0 Å². The molecule has 1 aliphatic carbocycles. The lowest BCUT2D eigenvalue weighted by Crippen LogP contribution is -2.15. The molecule has 6 aromatic carbocycles. The standard InChI is InChI=1S/C42H31N3/c1-42(2)36-24-13-12-21-33(36)34-26-25-31(27-37(34)42)38-32(28-15-6-3-7-16-28)22-14-23-35(38)41-44-39(29-17-8-4-9-18-29)43-40(45-41)30-19-10-5-11-20-30/h3-27H,1-2H3. The third kappa shape index (κ3) is 4.65. The molecule has 1 heterocycles. The van der Waals surface area contributed by atoms with Crippen molar-refractivity contribution in [3.63, 3.8) is 0 Å². The molecule has 0 atom stereocenters. The molecule has 0 fully saturated rings. The maximum absolute atomic E-state index is 5.13. The summed E-state index contributed by atoms with van der Waals surface area (Å²) in [6.07, 6.45) is 0. The van der Waals surface area contributed by atoms with Gasteiger partial charge in [0.2, 0.25) is 0 Å². The van der Waals surface area contributed by atoms with Gasteiger partial charge in [-0.15, -0.1) is 0 Å². The van der Waals surface area contributed by atoms with Crippen LogP contribution in [0.2, 0.25) is 0 Å². The van der Waals surface area contributed by atoms with Gasteiger partial charge in [-0.05, 0) is 45.0 Å². The Morgan fingerprint density at radius 2 is 0.844 bits per heavy atom. The fraction of sp³-hybridized carbons (Fsp3) is 0.0714. The summed E-state index contributed by atoms with van der Waals surface area (Å²) >= 11 is 0. The predicted octanol–water partition coefficient (Wildman–Crippen LogP) is 10.5. The Labute approximate surface area is 264 Å². The second-order valence-electron chi connectivity index (χ2n) is 12.1. The number of nitrogens with zero attached hydrogens (tertiary/aromatic N) is 3. The van der Waals surface area contributed by atoms with Gasteiger partial charge in [-0.1, -0.05) is 159 Å². The molecular weight excluding hydrogens is 546 g/mol. The summed E-state index contributed by atoms with van der Waals surface area (Å²) in [6.45, 7) is 4.66. The van der Waals surface area contributed by atoms with Gasteiger partial charge in [0, 0.05) is 27.7 Å². The molecule has 3 nitrogen and oxygen atoms in total. The monoisotopic (exact) mass is 577 g/mol. The van der Waals surface area contributed by atoms with Gasteiger partial charge < -0.3 is 0 Å². The van der Waals surface area contributed by atoms with E-state index < -0.39 is 0 Å². The van der Waals surface area contributed by atoms with E-state index in [0.29, 0.717) is 17.5 Å². The van der Waals surface area contributed by atoms with Gasteiger partial charge >= 0.3 is 0 Å². The second-order valence-corrected chi connectivity index (χ2v) is 12.1. The topological polar surface area (TPSA) is 38.7 Å². The van der Waals surface area contributed by atoms with E-state index in [0.717, 1.165) is 38.9 Å². The Hall–Kier alpha value is -5.67. The van der Waals surface area contributed by atoms with E-state index in [1.807, 2.05) is 36.4 Å². The van der Waals surface area contributed by atoms with Gasteiger partial charge in [0.15, 0.2) is 17.5 Å². The summed E-state index contributed by atoms with van der Waals surface area (Å²) in [5, 5.41) is 0. The fourth-order valence-electron chi connectivity index (χ4n) is 6.70. The Bertz CT molecular complexity index is 2110. The van der Waals surface area contributed by atoms with Gasteiger partial charge in [-0.25, -0.2) is 15.0 Å². The maximum atomic E-state index is 5.13. The lowest BCUT2D eigenvalue weighted by atomic mass is 9.80. The van der Waals surface area contributed by atoms with E-state index in [2.05, 4.69) is 129 Å². The minimum absolute atomic E-state index is 0.113. The largest absolute Gasteiger partial charge is 0.208 e. The molecule has 0 N–H and O–H groups in total. The molecular formula is C42H31N3. The summed E-state index contributed by atoms with van der Waals surface area (Å²) in [5.74, 6) is 1.96. The Morgan fingerprint density at radius 1 is 0.356 bits per heavy atom. The van der Waals surface area contributed by atoms with Gasteiger partial charge in [0.25, 0.3) is 0 Å². The molecule has 0 amide bonds. The third-order valence-corrected chi connectivity index (χ3v) is 8.96. The molecule has 1 aliphatic rings. The van der Waals surface area contributed by atoms with Crippen LogP contribution in [0, 0.1) is 0 Å². The van der Waals surface area contributed by atoms with Crippen LogP contribution in [0.25, 0.3) is 67.5 Å². The van der Waals surface area contributed by atoms with Crippen molar-refractivity contribution in [3.8, 4) is 67.5 Å². The Balaban J connectivity index is 1.40. The molecule has 0 saturated carbocycles. The molecule has 0 bridgehead atoms. The molecule has 0 spiro atoms. The molecule has 1 aromatic heterocycles. The van der Waals surface area contributed by atoms with E-state index >= 15 is 0 Å². The van der Waals surface area contributed by atoms with Crippen molar-refractivity contribution < 1.29 is 0 Å². The maximum Gasteiger partial charge on any atom is 0.164 e. The molecule has 45 heavy (non-hydrogen) atoms. The quantitative estimate of drug-likeness (QED) is 0.204. The van der Waals surface area contributed by atoms with Gasteiger partial charge in [0.1, 0.15) is 0 Å². The Kier molecular flexibility index (Phi) is 6.46. The zero-order valence-corrected chi connectivity index (χ0v) is 25.3. The predicted molar refractivity (Wildman–Crippen MR) is 185 cm³/mol. The molecule has 8 rings (SSSR count). The highest BCUT2D eigenvalue weighted by atomic mass is 15.0. The molecule has 7 aromatic rings. The number of hydrogen-bond donors (Lipinski definition) is 0. The summed E-state index contributed by atoms with van der Waals surface area (Å²) in [7, 11) is 0. The van der Waals surface area contributed by atoms with Crippen molar-refractivity contribution >= 4 is 0 Å². The van der Waals surface area contributed by atoms with E-state index in [-0.39, 0.29) is 5.41 Å². The smallest absolute Gasteiger partial charge is 0.164 e. The van der Waals surface area contributed by atoms with Crippen molar-refractivity contribution in [1.82, 2.24) is 15.0 Å². The zero-order valence-electron chi connectivity index (χ0n) is 25.3. The average Bonchev–Trinajstić information content (AvgIpc) is 3.34. The number of aromatic nitrogens is 3. The molecule has 0 unspecified atom stereocenters. The summed E-state index contributed by atoms with van der Waals surface area (Å²) < 4.78 is 0. The second kappa shape index (κ2) is 10.8. The van der Waals surface area contributed by atoms with E-state index in [9.17, 15) is 0 Å². The first-order valence-electron chi connectivity index (χ1n) is 15.4. The number of hydrogen-bond acceptors (Lipinski definition) is 3. The van der Waals surface area contributed by atoms with E-state index in [4.69, 9.17) is 15.0 Å². The van der Waals surface area contributed by atoms with Crippen molar-refractivity contribution in [1.29, 1.82) is 0 Å². The van der Waals surface area contributed by atoms with Crippen LogP contribution in [0.3, 0.4) is 0 Å². The van der Waals surface area contributed by atoms with Crippen LogP contribution < -0.4 is 0 Å². The SMILES string of the molecule is CC1(C)c2ccccc2-c2ccc(-c3c(-c4ccccc4)cccc3-c3nc(-c4ccccc4)nc(-c4ccccc4)n3)cc21. The van der Waals surface area contributed by atoms with Gasteiger partial charge in [0.05, 0.1) is 0 Å². The third-order valence-electron chi connectivity index (χ3n) is 8.96. The van der Waals surface area contributed by atoms with E-state index in [1.165, 1.54) is 22.3 Å². The molecule has 214 valence electrons. The van der Waals surface area contributed by atoms with Crippen molar-refractivity contribution in [2.45, 2.75) is 19.3 Å². The van der Waals surface area contributed by atoms with Crippen LogP contribution in [0.4, 0.5) is 0 Å². The average molecular weight is 578 g/mol. The van der Waals surface area contributed by atoms with Crippen LogP contribution in [-0.2, 0) is 5.41 Å². The molecule has 0 saturated heterocycles. The highest BCUT2D eigenvalue weighted by Crippen LogP contribution is 2.50. The molecule has 0 aliphatic heterocycles. The zero-order chi connectivity index (χ0) is 30.4. The number of fused-ring (bicyclic) bond motifs is 3. The van der Waals surface area contributed by atoms with Crippen LogP contribution in [0.15, 0.2) is 152 Å². The number of rotatable bonds is 5. The van der Waals surface area contributed by atoms with E-state index in [1.54, 1.807) is 0 Å². The summed E-state index contributed by atoms with van der Waals surface area (Å²) in [4.78, 5) is 15.2. The first-order valence-corrected chi connectivity index (χ1v) is 15.4. The number of benzene rings is 6. The summed E-state index contributed by atoms with van der Waals surface area (Å²) in [6, 6.07) is 53.1. The van der Waals surface area contributed by atoms with Crippen LogP contribution in [-0.4, -0.2) is 15.0 Å². The van der Waals surface area contributed by atoms with Gasteiger partial charge in [-0.2, -0.15) is 0 Å². The first-order chi connectivity index (χ1) is 22.1. The Morgan fingerprint density at radius 3 is 1.49 bits per heavy atom. The highest BCUT2D eigenvalue weighted by Gasteiger charge is 2.35. The summed E-state index contributed by atoms with van der Waals surface area (Å²) in [5.41, 5.74) is 12.6. The minimum atomic E-state index is -0.113. The highest BCUT2D eigenvalue weighted by molar-refractivity contribution is 5.95.